The van der Waals surface area contributed by atoms with Crippen molar-refractivity contribution in [1.82, 2.24) is 9.55 Å². The lowest BCUT2D eigenvalue weighted by atomic mass is 10.1. The number of rotatable bonds is 6. The summed E-state index contributed by atoms with van der Waals surface area (Å²) in [5, 5.41) is 0. The summed E-state index contributed by atoms with van der Waals surface area (Å²) in [6.45, 7) is 0. The Morgan fingerprint density at radius 3 is 2.93 bits per heavy atom. The molecular weight excluding hydrogens is 188 g/mol. The topological polar surface area (TPSA) is 34.9 Å². The van der Waals surface area contributed by atoms with E-state index in [0.717, 1.165) is 44.3 Å². The molecule has 0 N–H and O–H groups in total. The molecule has 0 aromatic carbocycles. The van der Waals surface area contributed by atoms with Gasteiger partial charge >= 0.3 is 0 Å². The van der Waals surface area contributed by atoms with Crippen LogP contribution in [-0.4, -0.2) is 15.3 Å². The van der Waals surface area contributed by atoms with E-state index in [1.807, 2.05) is 24.0 Å². The second-order valence-corrected chi connectivity index (χ2v) is 4.40. The standard InChI is InChI=1S/C12H18N2O/c1-14-9-8-13-12(14)5-3-2-4-11(15)10-6-7-10/h8-10H,2-7H2,1H3. The second kappa shape index (κ2) is 4.60. The quantitative estimate of drug-likeness (QED) is 0.668. The van der Waals surface area contributed by atoms with Gasteiger partial charge in [-0.25, -0.2) is 4.98 Å². The van der Waals surface area contributed by atoms with Crippen LogP contribution in [0.5, 0.6) is 0 Å². The van der Waals surface area contributed by atoms with Crippen molar-refractivity contribution in [2.45, 2.75) is 38.5 Å². The lowest BCUT2D eigenvalue weighted by Crippen LogP contribution is -2.01. The number of aromatic nitrogens is 2. The van der Waals surface area contributed by atoms with Crippen molar-refractivity contribution >= 4 is 5.78 Å². The molecule has 1 saturated carbocycles. The molecule has 1 aromatic heterocycles. The summed E-state index contributed by atoms with van der Waals surface area (Å²) >= 11 is 0. The average molecular weight is 206 g/mol. The lowest BCUT2D eigenvalue weighted by molar-refractivity contribution is -0.120. The number of carbonyl (C=O) groups is 1. The lowest BCUT2D eigenvalue weighted by Gasteiger charge is -2.01. The molecule has 3 nitrogen and oxygen atoms in total. The zero-order valence-electron chi connectivity index (χ0n) is 9.28. The SMILES string of the molecule is Cn1ccnc1CCCCC(=O)C1CC1. The third-order valence-electron chi connectivity index (χ3n) is 3.03. The summed E-state index contributed by atoms with van der Waals surface area (Å²) < 4.78 is 2.04. The summed E-state index contributed by atoms with van der Waals surface area (Å²) in [6.07, 6.45) is 9.91. The Morgan fingerprint density at radius 2 is 2.33 bits per heavy atom. The number of Topliss-reactive ketones (excluding diaryl/α,β-unsaturated/α-hetero) is 1. The van der Waals surface area contributed by atoms with Gasteiger partial charge in [0.05, 0.1) is 0 Å². The normalized spacial score (nSPS) is 15.5. The molecule has 1 fully saturated rings. The highest BCUT2D eigenvalue weighted by Crippen LogP contribution is 2.31. The van der Waals surface area contributed by atoms with Crippen LogP contribution in [0.15, 0.2) is 12.4 Å². The van der Waals surface area contributed by atoms with Crippen molar-refractivity contribution < 1.29 is 4.79 Å². The number of aryl methyl sites for hydroxylation is 2. The molecule has 0 unspecified atom stereocenters. The molecule has 0 spiro atoms. The first-order chi connectivity index (χ1) is 7.27. The molecule has 82 valence electrons. The molecule has 0 aliphatic heterocycles. The fraction of sp³-hybridized carbons (Fsp3) is 0.667. The number of carbonyl (C=O) groups excluding carboxylic acids is 1. The van der Waals surface area contributed by atoms with Crippen molar-refractivity contribution in [2.75, 3.05) is 0 Å². The molecule has 3 heteroatoms. The van der Waals surface area contributed by atoms with Gasteiger partial charge in [0.15, 0.2) is 0 Å². The summed E-state index contributed by atoms with van der Waals surface area (Å²) in [5.41, 5.74) is 0. The molecule has 0 bridgehead atoms. The summed E-state index contributed by atoms with van der Waals surface area (Å²) in [7, 11) is 2.01. The molecule has 1 heterocycles. The van der Waals surface area contributed by atoms with E-state index in [-0.39, 0.29) is 0 Å². The predicted molar refractivity (Wildman–Crippen MR) is 58.5 cm³/mol. The van der Waals surface area contributed by atoms with E-state index in [1.165, 1.54) is 0 Å². The molecule has 0 saturated heterocycles. The Bertz CT molecular complexity index is 339. The fourth-order valence-corrected chi connectivity index (χ4v) is 1.83. The van der Waals surface area contributed by atoms with E-state index in [1.54, 1.807) is 0 Å². The molecular formula is C12H18N2O. The summed E-state index contributed by atoms with van der Waals surface area (Å²) in [5.74, 6) is 2.03. The number of hydrogen-bond acceptors (Lipinski definition) is 2. The maximum absolute atomic E-state index is 11.4. The molecule has 1 aromatic rings. The van der Waals surface area contributed by atoms with E-state index in [2.05, 4.69) is 4.98 Å². The first-order valence-corrected chi connectivity index (χ1v) is 5.76. The van der Waals surface area contributed by atoms with E-state index in [4.69, 9.17) is 0 Å². The van der Waals surface area contributed by atoms with Crippen LogP contribution >= 0.6 is 0 Å². The first kappa shape index (κ1) is 10.4. The van der Waals surface area contributed by atoms with Gasteiger partial charge in [-0.2, -0.15) is 0 Å². The van der Waals surface area contributed by atoms with Gasteiger partial charge in [-0.05, 0) is 25.7 Å². The minimum Gasteiger partial charge on any atom is -0.338 e. The fourth-order valence-electron chi connectivity index (χ4n) is 1.83. The van der Waals surface area contributed by atoms with Gasteiger partial charge in [-0.3, -0.25) is 4.79 Å². The monoisotopic (exact) mass is 206 g/mol. The van der Waals surface area contributed by atoms with Crippen LogP contribution in [0, 0.1) is 5.92 Å². The Kier molecular flexibility index (Phi) is 3.19. The third kappa shape index (κ3) is 2.91. The van der Waals surface area contributed by atoms with Crippen LogP contribution in [0.4, 0.5) is 0 Å². The Labute approximate surface area is 90.5 Å². The Hall–Kier alpha value is -1.12. The minimum atomic E-state index is 0.429. The van der Waals surface area contributed by atoms with Crippen LogP contribution < -0.4 is 0 Å². The molecule has 15 heavy (non-hydrogen) atoms. The van der Waals surface area contributed by atoms with Gasteiger partial charge in [-0.15, -0.1) is 0 Å². The second-order valence-electron chi connectivity index (χ2n) is 4.40. The highest BCUT2D eigenvalue weighted by Gasteiger charge is 2.28. The minimum absolute atomic E-state index is 0.429. The van der Waals surface area contributed by atoms with Crippen molar-refractivity contribution in [3.8, 4) is 0 Å². The van der Waals surface area contributed by atoms with Crippen LogP contribution in [0.3, 0.4) is 0 Å². The van der Waals surface area contributed by atoms with Crippen LogP contribution in [-0.2, 0) is 18.3 Å². The van der Waals surface area contributed by atoms with Gasteiger partial charge in [0, 0.05) is 38.2 Å². The van der Waals surface area contributed by atoms with Crippen LogP contribution in [0.2, 0.25) is 0 Å². The van der Waals surface area contributed by atoms with Gasteiger partial charge in [0.2, 0.25) is 0 Å². The molecule has 2 rings (SSSR count). The molecule has 0 amide bonds. The van der Waals surface area contributed by atoms with Crippen molar-refractivity contribution in [3.63, 3.8) is 0 Å². The molecule has 1 aliphatic carbocycles. The number of ketones is 1. The maximum Gasteiger partial charge on any atom is 0.135 e. The van der Waals surface area contributed by atoms with Gasteiger partial charge in [-0.1, -0.05) is 0 Å². The predicted octanol–water partition coefficient (Wildman–Crippen LogP) is 2.11. The highest BCUT2D eigenvalue weighted by atomic mass is 16.1. The third-order valence-corrected chi connectivity index (χ3v) is 3.03. The number of hydrogen-bond donors (Lipinski definition) is 0. The first-order valence-electron chi connectivity index (χ1n) is 5.76. The van der Waals surface area contributed by atoms with E-state index >= 15 is 0 Å². The zero-order valence-corrected chi connectivity index (χ0v) is 9.28. The largest absolute Gasteiger partial charge is 0.338 e. The summed E-state index contributed by atoms with van der Waals surface area (Å²) in [6, 6.07) is 0. The van der Waals surface area contributed by atoms with E-state index in [9.17, 15) is 4.79 Å². The Balaban J connectivity index is 1.62. The van der Waals surface area contributed by atoms with Crippen LogP contribution in [0.25, 0.3) is 0 Å². The average Bonchev–Trinajstić information content (AvgIpc) is 2.99. The Morgan fingerprint density at radius 1 is 1.53 bits per heavy atom. The smallest absolute Gasteiger partial charge is 0.135 e. The van der Waals surface area contributed by atoms with E-state index in [0.29, 0.717) is 11.7 Å². The van der Waals surface area contributed by atoms with Crippen molar-refractivity contribution in [3.05, 3.63) is 18.2 Å². The molecule has 0 atom stereocenters. The molecule has 1 aliphatic rings. The number of imidazole rings is 1. The number of unbranched alkanes of at least 4 members (excludes halogenated alkanes) is 1. The number of nitrogens with zero attached hydrogens (tertiary/aromatic N) is 2. The van der Waals surface area contributed by atoms with E-state index < -0.39 is 0 Å². The van der Waals surface area contributed by atoms with Gasteiger partial charge in [0.25, 0.3) is 0 Å². The summed E-state index contributed by atoms with van der Waals surface area (Å²) in [4.78, 5) is 15.7. The zero-order chi connectivity index (χ0) is 10.7. The van der Waals surface area contributed by atoms with Gasteiger partial charge < -0.3 is 4.57 Å². The molecule has 0 radical (unpaired) electrons. The van der Waals surface area contributed by atoms with Crippen molar-refractivity contribution in [2.24, 2.45) is 13.0 Å². The van der Waals surface area contributed by atoms with Crippen LogP contribution in [0.1, 0.15) is 37.9 Å². The highest BCUT2D eigenvalue weighted by molar-refractivity contribution is 5.82. The van der Waals surface area contributed by atoms with Gasteiger partial charge in [0.1, 0.15) is 11.6 Å². The maximum atomic E-state index is 11.4. The van der Waals surface area contributed by atoms with Crippen molar-refractivity contribution in [1.29, 1.82) is 0 Å².